The Labute approximate surface area is 179 Å². The molecule has 6 nitrogen and oxygen atoms in total. The number of nitrogens with zero attached hydrogens (tertiary/aromatic N) is 2. The molecule has 0 bridgehead atoms. The zero-order chi connectivity index (χ0) is 22.0. The van der Waals surface area contributed by atoms with Gasteiger partial charge in [0.15, 0.2) is 0 Å². The molecule has 152 valence electrons. The van der Waals surface area contributed by atoms with Crippen LogP contribution in [0.3, 0.4) is 0 Å². The van der Waals surface area contributed by atoms with Crippen LogP contribution in [0.15, 0.2) is 72.9 Å². The number of hydrogen-bond donors (Lipinski definition) is 2. The van der Waals surface area contributed by atoms with Crippen molar-refractivity contribution in [3.05, 3.63) is 101 Å². The van der Waals surface area contributed by atoms with E-state index in [1.54, 1.807) is 36.5 Å². The van der Waals surface area contributed by atoms with Gasteiger partial charge in [-0.15, -0.1) is 0 Å². The molecule has 0 aliphatic rings. The Morgan fingerprint density at radius 3 is 2.55 bits per heavy atom. The van der Waals surface area contributed by atoms with Crippen LogP contribution >= 0.6 is 0 Å². The van der Waals surface area contributed by atoms with Crippen molar-refractivity contribution in [2.45, 2.75) is 13.5 Å². The van der Waals surface area contributed by atoms with Crippen LogP contribution in [-0.4, -0.2) is 21.6 Å². The molecule has 0 atom stereocenters. The molecule has 3 aromatic carbocycles. The predicted octanol–water partition coefficient (Wildman–Crippen LogP) is 4.82. The normalized spacial score (nSPS) is 10.6. The highest BCUT2D eigenvalue weighted by Crippen LogP contribution is 2.25. The lowest BCUT2D eigenvalue weighted by atomic mass is 10.1. The number of carboxylic acids is 1. The molecule has 4 rings (SSSR count). The van der Waals surface area contributed by atoms with Crippen LogP contribution in [0.25, 0.3) is 10.9 Å². The van der Waals surface area contributed by atoms with E-state index in [2.05, 4.69) is 11.4 Å². The molecule has 31 heavy (non-hydrogen) atoms. The summed E-state index contributed by atoms with van der Waals surface area (Å²) in [6, 6.07) is 21.6. The largest absolute Gasteiger partial charge is 0.478 e. The van der Waals surface area contributed by atoms with Crippen molar-refractivity contribution in [3.8, 4) is 6.07 Å². The maximum absolute atomic E-state index is 13.0. The number of benzene rings is 3. The lowest BCUT2D eigenvalue weighted by molar-refractivity contribution is 0.0696. The van der Waals surface area contributed by atoms with Crippen LogP contribution in [0.4, 0.5) is 5.69 Å². The quantitative estimate of drug-likeness (QED) is 0.494. The van der Waals surface area contributed by atoms with Crippen molar-refractivity contribution in [3.63, 3.8) is 0 Å². The van der Waals surface area contributed by atoms with Crippen LogP contribution < -0.4 is 5.32 Å². The molecule has 1 heterocycles. The van der Waals surface area contributed by atoms with E-state index >= 15 is 0 Å². The van der Waals surface area contributed by atoms with E-state index in [4.69, 9.17) is 5.11 Å². The number of carboxylic acid groups (broad SMARTS) is 1. The van der Waals surface area contributed by atoms with Crippen molar-refractivity contribution < 1.29 is 14.7 Å². The predicted molar refractivity (Wildman–Crippen MR) is 118 cm³/mol. The van der Waals surface area contributed by atoms with E-state index < -0.39 is 5.97 Å². The Hall–Kier alpha value is -4.37. The second-order valence-electron chi connectivity index (χ2n) is 7.34. The summed E-state index contributed by atoms with van der Waals surface area (Å²) >= 11 is 0. The first-order valence-corrected chi connectivity index (χ1v) is 9.68. The van der Waals surface area contributed by atoms with Crippen LogP contribution in [0.5, 0.6) is 0 Å². The molecule has 4 aromatic rings. The molecule has 6 heteroatoms. The number of nitrogens with one attached hydrogen (secondary N) is 1. The second kappa shape index (κ2) is 8.17. The van der Waals surface area contributed by atoms with E-state index in [1.165, 1.54) is 12.1 Å². The van der Waals surface area contributed by atoms with E-state index in [1.807, 2.05) is 35.8 Å². The molecule has 0 aliphatic heterocycles. The zero-order valence-electron chi connectivity index (χ0n) is 16.8. The van der Waals surface area contributed by atoms with E-state index in [0.717, 1.165) is 22.0 Å². The number of aromatic carboxylic acids is 1. The smallest absolute Gasteiger partial charge is 0.335 e. The fourth-order valence-corrected chi connectivity index (χ4v) is 3.49. The summed E-state index contributed by atoms with van der Waals surface area (Å²) in [4.78, 5) is 24.2. The summed E-state index contributed by atoms with van der Waals surface area (Å²) in [5.74, 6) is -1.41. The van der Waals surface area contributed by atoms with Crippen LogP contribution in [-0.2, 0) is 6.54 Å². The Bertz CT molecular complexity index is 1340. The molecule has 0 saturated heterocycles. The average molecular weight is 409 g/mol. The van der Waals surface area contributed by atoms with Crippen molar-refractivity contribution in [2.75, 3.05) is 5.32 Å². The first-order valence-electron chi connectivity index (χ1n) is 9.68. The summed E-state index contributed by atoms with van der Waals surface area (Å²) in [5, 5.41) is 22.0. The average Bonchev–Trinajstić information content (AvgIpc) is 3.13. The monoisotopic (exact) mass is 409 g/mol. The van der Waals surface area contributed by atoms with Gasteiger partial charge in [-0.3, -0.25) is 4.79 Å². The summed E-state index contributed by atoms with van der Waals surface area (Å²) in [5.41, 5.74) is 4.48. The van der Waals surface area contributed by atoms with Crippen LogP contribution in [0.1, 0.15) is 37.4 Å². The maximum Gasteiger partial charge on any atom is 0.335 e. The van der Waals surface area contributed by atoms with Crippen molar-refractivity contribution in [1.29, 1.82) is 5.26 Å². The number of rotatable bonds is 5. The van der Waals surface area contributed by atoms with Gasteiger partial charge in [0.2, 0.25) is 0 Å². The Kier molecular flexibility index (Phi) is 5.25. The highest BCUT2D eigenvalue weighted by Gasteiger charge is 2.17. The third-order valence-corrected chi connectivity index (χ3v) is 5.10. The van der Waals surface area contributed by atoms with Gasteiger partial charge in [0.25, 0.3) is 5.91 Å². The Balaban J connectivity index is 1.72. The van der Waals surface area contributed by atoms with E-state index in [0.29, 0.717) is 23.4 Å². The van der Waals surface area contributed by atoms with Crippen LogP contribution in [0, 0.1) is 18.3 Å². The highest BCUT2D eigenvalue weighted by molar-refractivity contribution is 6.13. The number of amides is 1. The molecule has 0 spiro atoms. The van der Waals surface area contributed by atoms with Gasteiger partial charge in [-0.2, -0.15) is 5.26 Å². The molecule has 0 aliphatic carbocycles. The number of aryl methyl sites for hydroxylation is 1. The first-order chi connectivity index (χ1) is 14.9. The summed E-state index contributed by atoms with van der Waals surface area (Å²) in [6.45, 7) is 2.57. The Morgan fingerprint density at radius 2 is 1.84 bits per heavy atom. The van der Waals surface area contributed by atoms with Crippen LogP contribution in [0.2, 0.25) is 0 Å². The number of nitriles is 1. The molecule has 2 N–H and O–H groups in total. The molecule has 0 unspecified atom stereocenters. The summed E-state index contributed by atoms with van der Waals surface area (Å²) < 4.78 is 1.95. The number of carbonyl (C=O) groups excluding carboxylic acids is 1. The van der Waals surface area contributed by atoms with Gasteiger partial charge in [-0.1, -0.05) is 42.0 Å². The van der Waals surface area contributed by atoms with Crippen molar-refractivity contribution >= 4 is 28.5 Å². The zero-order valence-corrected chi connectivity index (χ0v) is 16.8. The lowest BCUT2D eigenvalue weighted by Crippen LogP contribution is -2.12. The summed E-state index contributed by atoms with van der Waals surface area (Å²) in [6.07, 6.45) is 1.77. The van der Waals surface area contributed by atoms with Crippen molar-refractivity contribution in [1.82, 2.24) is 4.57 Å². The van der Waals surface area contributed by atoms with E-state index in [-0.39, 0.29) is 11.5 Å². The molecule has 1 aromatic heterocycles. The van der Waals surface area contributed by atoms with Gasteiger partial charge in [0.1, 0.15) is 0 Å². The summed E-state index contributed by atoms with van der Waals surface area (Å²) in [7, 11) is 0. The standard InChI is InChI=1S/C25H19N3O3/c1-16-5-7-17(8-6-16)14-28-15-22(21-10-9-18(13-26)11-23(21)28)24(29)27-20-4-2-3-19(12-20)25(30)31/h2-12,15H,14H2,1H3,(H,27,29)(H,30,31). The second-order valence-corrected chi connectivity index (χ2v) is 7.34. The number of carbonyl (C=O) groups is 2. The minimum Gasteiger partial charge on any atom is -0.478 e. The van der Waals surface area contributed by atoms with Gasteiger partial charge in [-0.25, -0.2) is 4.79 Å². The van der Waals surface area contributed by atoms with Gasteiger partial charge in [0.05, 0.1) is 28.3 Å². The fraction of sp³-hybridized carbons (Fsp3) is 0.0800. The Morgan fingerprint density at radius 1 is 1.06 bits per heavy atom. The fourth-order valence-electron chi connectivity index (χ4n) is 3.49. The van der Waals surface area contributed by atoms with Gasteiger partial charge in [0, 0.05) is 23.8 Å². The minimum absolute atomic E-state index is 0.0956. The molecular weight excluding hydrogens is 390 g/mol. The molecular formula is C25H19N3O3. The minimum atomic E-state index is -1.06. The van der Waals surface area contributed by atoms with E-state index in [9.17, 15) is 14.9 Å². The van der Waals surface area contributed by atoms with Gasteiger partial charge < -0.3 is 15.0 Å². The molecule has 0 radical (unpaired) electrons. The third-order valence-electron chi connectivity index (χ3n) is 5.10. The third kappa shape index (κ3) is 4.16. The van der Waals surface area contributed by atoms with Gasteiger partial charge in [-0.05, 0) is 42.8 Å². The number of aromatic nitrogens is 1. The number of anilines is 1. The number of fused-ring (bicyclic) bond motifs is 1. The maximum atomic E-state index is 13.0. The van der Waals surface area contributed by atoms with Crippen molar-refractivity contribution in [2.24, 2.45) is 0 Å². The first kappa shape index (κ1) is 19.9. The number of hydrogen-bond acceptors (Lipinski definition) is 3. The molecule has 0 fully saturated rings. The lowest BCUT2D eigenvalue weighted by Gasteiger charge is -2.06. The highest BCUT2D eigenvalue weighted by atomic mass is 16.4. The molecule has 1 amide bonds. The van der Waals surface area contributed by atoms with Gasteiger partial charge >= 0.3 is 5.97 Å². The topological polar surface area (TPSA) is 95.1 Å². The SMILES string of the molecule is Cc1ccc(Cn2cc(C(=O)Nc3cccc(C(=O)O)c3)c3ccc(C#N)cc32)cc1. The molecule has 0 saturated carbocycles.